The van der Waals surface area contributed by atoms with Gasteiger partial charge in [-0.1, -0.05) is 57.2 Å². The summed E-state index contributed by atoms with van der Waals surface area (Å²) in [5.41, 5.74) is 4.35. The number of ether oxygens (including phenoxy) is 1. The van der Waals surface area contributed by atoms with E-state index in [-0.39, 0.29) is 36.0 Å². The second kappa shape index (κ2) is 9.86. The quantitative estimate of drug-likeness (QED) is 0.611. The highest BCUT2D eigenvalue weighted by atomic mass is 32.2. The maximum atomic E-state index is 13.2. The first kappa shape index (κ1) is 23.3. The van der Waals surface area contributed by atoms with Gasteiger partial charge in [0.2, 0.25) is 0 Å². The van der Waals surface area contributed by atoms with E-state index in [2.05, 4.69) is 32.9 Å². The van der Waals surface area contributed by atoms with Crippen LogP contribution in [0.2, 0.25) is 0 Å². The van der Waals surface area contributed by atoms with Gasteiger partial charge in [0.1, 0.15) is 5.75 Å². The van der Waals surface area contributed by atoms with Crippen LogP contribution in [0.5, 0.6) is 5.75 Å². The third-order valence-electron chi connectivity index (χ3n) is 5.90. The molecule has 1 unspecified atom stereocenters. The maximum absolute atomic E-state index is 13.2. The Morgan fingerprint density at radius 1 is 1.13 bits per heavy atom. The van der Waals surface area contributed by atoms with Crippen molar-refractivity contribution in [1.29, 1.82) is 0 Å². The molecule has 1 amide bonds. The van der Waals surface area contributed by atoms with Crippen molar-refractivity contribution in [3.63, 3.8) is 0 Å². The molecule has 1 aliphatic heterocycles. The summed E-state index contributed by atoms with van der Waals surface area (Å²) in [4.78, 5) is 14.9. The van der Waals surface area contributed by atoms with Crippen LogP contribution in [0.3, 0.4) is 0 Å². The molecule has 1 aliphatic rings. The Kier molecular flexibility index (Phi) is 7.42. The third-order valence-corrected chi connectivity index (χ3v) is 7.65. The maximum Gasteiger partial charge on any atom is 0.261 e. The minimum absolute atomic E-state index is 0.0213. The van der Waals surface area contributed by atoms with E-state index < -0.39 is 9.84 Å². The zero-order valence-corrected chi connectivity index (χ0v) is 19.7. The Bertz CT molecular complexity index is 1010. The van der Waals surface area contributed by atoms with Gasteiger partial charge in [-0.05, 0) is 54.0 Å². The Morgan fingerprint density at radius 3 is 2.39 bits per heavy atom. The largest absolute Gasteiger partial charge is 0.483 e. The Labute approximate surface area is 186 Å². The van der Waals surface area contributed by atoms with E-state index in [1.807, 2.05) is 37.3 Å². The lowest BCUT2D eigenvalue weighted by atomic mass is 10.0. The van der Waals surface area contributed by atoms with Gasteiger partial charge in [-0.3, -0.25) is 4.79 Å². The topological polar surface area (TPSA) is 63.7 Å². The van der Waals surface area contributed by atoms with Gasteiger partial charge in [0.05, 0.1) is 11.5 Å². The second-order valence-electron chi connectivity index (χ2n) is 8.73. The highest BCUT2D eigenvalue weighted by Crippen LogP contribution is 2.28. The summed E-state index contributed by atoms with van der Waals surface area (Å²) in [6.07, 6.45) is 1.43. The fourth-order valence-electron chi connectivity index (χ4n) is 3.99. The van der Waals surface area contributed by atoms with Gasteiger partial charge in [-0.25, -0.2) is 8.42 Å². The van der Waals surface area contributed by atoms with Crippen LogP contribution in [0, 0.1) is 6.92 Å². The van der Waals surface area contributed by atoms with Crippen molar-refractivity contribution in [2.75, 3.05) is 18.1 Å². The van der Waals surface area contributed by atoms with E-state index in [0.29, 0.717) is 13.0 Å². The van der Waals surface area contributed by atoms with Crippen LogP contribution < -0.4 is 4.74 Å². The monoisotopic (exact) mass is 443 g/mol. The zero-order chi connectivity index (χ0) is 22.6. The lowest BCUT2D eigenvalue weighted by Gasteiger charge is -2.29. The smallest absolute Gasteiger partial charge is 0.261 e. The normalized spacial score (nSPS) is 17.6. The average Bonchev–Trinajstić information content (AvgIpc) is 3.09. The molecule has 3 rings (SSSR count). The molecule has 168 valence electrons. The van der Waals surface area contributed by atoms with Gasteiger partial charge in [-0.2, -0.15) is 0 Å². The summed E-state index contributed by atoms with van der Waals surface area (Å²) in [6, 6.07) is 13.9. The molecule has 6 heteroatoms. The van der Waals surface area contributed by atoms with Gasteiger partial charge < -0.3 is 9.64 Å². The summed E-state index contributed by atoms with van der Waals surface area (Å²) in [5, 5.41) is 0. The molecular weight excluding hydrogens is 410 g/mol. The Morgan fingerprint density at radius 2 is 1.81 bits per heavy atom. The van der Waals surface area contributed by atoms with E-state index in [9.17, 15) is 13.2 Å². The number of carbonyl (C=O) groups is 1. The first-order valence-corrected chi connectivity index (χ1v) is 12.8. The molecule has 0 saturated carbocycles. The number of rotatable bonds is 8. The first-order valence-electron chi connectivity index (χ1n) is 11.0. The van der Waals surface area contributed by atoms with Crippen molar-refractivity contribution in [3.05, 3.63) is 64.7 Å². The molecule has 1 fully saturated rings. The van der Waals surface area contributed by atoms with Crippen LogP contribution in [-0.4, -0.2) is 43.4 Å². The number of hydrogen-bond donors (Lipinski definition) is 0. The number of sulfone groups is 1. The molecule has 0 radical (unpaired) electrons. The summed E-state index contributed by atoms with van der Waals surface area (Å²) in [7, 11) is -3.10. The average molecular weight is 444 g/mol. The minimum atomic E-state index is -3.10. The molecule has 0 aliphatic carbocycles. The second-order valence-corrected chi connectivity index (χ2v) is 11.0. The van der Waals surface area contributed by atoms with E-state index in [1.165, 1.54) is 5.56 Å². The van der Waals surface area contributed by atoms with Crippen molar-refractivity contribution in [2.45, 2.75) is 59.0 Å². The lowest BCUT2D eigenvalue weighted by Crippen LogP contribution is -2.43. The molecule has 2 aromatic carbocycles. The van der Waals surface area contributed by atoms with Crippen molar-refractivity contribution >= 4 is 15.7 Å². The molecule has 1 saturated heterocycles. The van der Waals surface area contributed by atoms with E-state index in [4.69, 9.17) is 4.74 Å². The fourth-order valence-corrected chi connectivity index (χ4v) is 5.72. The highest BCUT2D eigenvalue weighted by Gasteiger charge is 2.35. The molecule has 0 bridgehead atoms. The van der Waals surface area contributed by atoms with Crippen LogP contribution in [0.25, 0.3) is 0 Å². The van der Waals surface area contributed by atoms with Crippen LogP contribution in [0.1, 0.15) is 55.4 Å². The zero-order valence-electron chi connectivity index (χ0n) is 18.9. The fraction of sp³-hybridized carbons (Fsp3) is 0.480. The number of nitrogens with zero attached hydrogens (tertiary/aromatic N) is 1. The molecule has 1 atom stereocenters. The molecule has 0 N–H and O–H groups in total. The van der Waals surface area contributed by atoms with Gasteiger partial charge in [0.25, 0.3) is 5.91 Å². The number of aryl methyl sites for hydroxylation is 2. The van der Waals surface area contributed by atoms with Crippen molar-refractivity contribution in [3.8, 4) is 5.75 Å². The molecule has 0 spiro atoms. The van der Waals surface area contributed by atoms with Gasteiger partial charge in [0.15, 0.2) is 16.4 Å². The SMILES string of the molecule is CCc1ccc(CN(C(=O)COc2cc(C)ccc2C(C)C)C2CCS(=O)(=O)C2)cc1. The number of benzene rings is 2. The van der Waals surface area contributed by atoms with Crippen LogP contribution >= 0.6 is 0 Å². The molecule has 5 nitrogen and oxygen atoms in total. The predicted molar refractivity (Wildman–Crippen MR) is 124 cm³/mol. The minimum Gasteiger partial charge on any atom is -0.483 e. The third kappa shape index (κ3) is 6.10. The molecule has 0 aromatic heterocycles. The summed E-state index contributed by atoms with van der Waals surface area (Å²) >= 11 is 0. The molecule has 31 heavy (non-hydrogen) atoms. The Balaban J connectivity index is 1.78. The molecule has 2 aromatic rings. The predicted octanol–water partition coefficient (Wildman–Crippen LogP) is 4.28. The number of hydrogen-bond acceptors (Lipinski definition) is 4. The van der Waals surface area contributed by atoms with Crippen LogP contribution in [0.4, 0.5) is 0 Å². The van der Waals surface area contributed by atoms with E-state index in [1.54, 1.807) is 4.90 Å². The summed E-state index contributed by atoms with van der Waals surface area (Å²) in [6.45, 7) is 8.56. The lowest BCUT2D eigenvalue weighted by molar-refractivity contribution is -0.136. The van der Waals surface area contributed by atoms with Gasteiger partial charge >= 0.3 is 0 Å². The van der Waals surface area contributed by atoms with Crippen LogP contribution in [-0.2, 0) is 27.6 Å². The van der Waals surface area contributed by atoms with E-state index in [0.717, 1.165) is 28.9 Å². The van der Waals surface area contributed by atoms with Gasteiger partial charge in [-0.15, -0.1) is 0 Å². The molecular formula is C25H33NO4S. The van der Waals surface area contributed by atoms with Gasteiger partial charge in [0, 0.05) is 12.6 Å². The standard InChI is InChI=1S/C25H33NO4S/c1-5-20-7-9-21(10-8-20)15-26(22-12-13-31(28,29)17-22)25(27)16-30-24-14-19(4)6-11-23(24)18(2)3/h6-11,14,18,22H,5,12-13,15-17H2,1-4H3. The molecule has 1 heterocycles. The van der Waals surface area contributed by atoms with E-state index >= 15 is 0 Å². The highest BCUT2D eigenvalue weighted by molar-refractivity contribution is 7.91. The number of amides is 1. The van der Waals surface area contributed by atoms with Crippen LogP contribution in [0.15, 0.2) is 42.5 Å². The van der Waals surface area contributed by atoms with Crippen molar-refractivity contribution in [1.82, 2.24) is 4.90 Å². The summed E-state index contributed by atoms with van der Waals surface area (Å²) in [5.74, 6) is 0.964. The summed E-state index contributed by atoms with van der Waals surface area (Å²) < 4.78 is 30.1. The Hall–Kier alpha value is -2.34. The van der Waals surface area contributed by atoms with Crippen molar-refractivity contribution in [2.24, 2.45) is 0 Å². The number of carbonyl (C=O) groups excluding carboxylic acids is 1. The first-order chi connectivity index (χ1) is 14.7. The van der Waals surface area contributed by atoms with Crippen molar-refractivity contribution < 1.29 is 17.9 Å².